The molecule has 2 heterocycles. The van der Waals surface area contributed by atoms with Gasteiger partial charge in [-0.1, -0.05) is 11.2 Å². The summed E-state index contributed by atoms with van der Waals surface area (Å²) in [6.45, 7) is 4.05. The molecule has 0 aliphatic carbocycles. The molecule has 1 N–H and O–H groups in total. The lowest BCUT2D eigenvalue weighted by molar-refractivity contribution is -0.118. The predicted molar refractivity (Wildman–Crippen MR) is 70.9 cm³/mol. The highest BCUT2D eigenvalue weighted by Gasteiger charge is 2.20. The van der Waals surface area contributed by atoms with Crippen LogP contribution < -0.4 is 14.8 Å². The Morgan fingerprint density at radius 2 is 2.25 bits per heavy atom. The smallest absolute Gasteiger partial charge is 0.262 e. The number of hydrogen-bond acceptors (Lipinski definition) is 5. The Kier molecular flexibility index (Phi) is 3.06. The number of aryl methyl sites for hydroxylation is 2. The van der Waals surface area contributed by atoms with Gasteiger partial charge < -0.3 is 19.3 Å². The molecule has 0 bridgehead atoms. The van der Waals surface area contributed by atoms with Gasteiger partial charge in [-0.15, -0.1) is 0 Å². The Morgan fingerprint density at radius 1 is 1.40 bits per heavy atom. The quantitative estimate of drug-likeness (QED) is 0.928. The van der Waals surface area contributed by atoms with Crippen molar-refractivity contribution in [3.05, 3.63) is 35.2 Å². The molecule has 1 aliphatic rings. The van der Waals surface area contributed by atoms with E-state index in [1.807, 2.05) is 19.9 Å². The monoisotopic (exact) mass is 274 g/mol. The van der Waals surface area contributed by atoms with Crippen molar-refractivity contribution in [1.29, 1.82) is 0 Å². The van der Waals surface area contributed by atoms with Crippen molar-refractivity contribution in [2.24, 2.45) is 0 Å². The highest BCUT2D eigenvalue weighted by atomic mass is 16.5. The molecule has 0 atom stereocenters. The van der Waals surface area contributed by atoms with Crippen LogP contribution in [0, 0.1) is 13.8 Å². The first-order chi connectivity index (χ1) is 9.65. The van der Waals surface area contributed by atoms with E-state index in [4.69, 9.17) is 14.0 Å². The first-order valence-corrected chi connectivity index (χ1v) is 6.25. The minimum Gasteiger partial charge on any atom is -0.486 e. The number of carbonyl (C=O) groups is 1. The number of fused-ring (bicyclic) bond motifs is 1. The van der Waals surface area contributed by atoms with Gasteiger partial charge in [0.05, 0.1) is 11.3 Å². The number of para-hydroxylation sites is 1. The summed E-state index contributed by atoms with van der Waals surface area (Å²) >= 11 is 0. The van der Waals surface area contributed by atoms with Gasteiger partial charge in [0, 0.05) is 0 Å². The van der Waals surface area contributed by atoms with E-state index in [9.17, 15) is 4.79 Å². The minimum absolute atomic E-state index is 0.0281. The Bertz CT molecular complexity index is 644. The predicted octanol–water partition coefficient (Wildman–Crippen LogP) is 2.20. The van der Waals surface area contributed by atoms with E-state index >= 15 is 0 Å². The fourth-order valence-corrected chi connectivity index (χ4v) is 2.05. The average Bonchev–Trinajstić information content (AvgIpc) is 2.76. The van der Waals surface area contributed by atoms with Crippen LogP contribution in [-0.4, -0.2) is 17.7 Å². The van der Waals surface area contributed by atoms with Crippen molar-refractivity contribution in [1.82, 2.24) is 5.16 Å². The minimum atomic E-state index is -0.189. The molecule has 1 aromatic carbocycles. The molecule has 1 aromatic heterocycles. The molecule has 1 aliphatic heterocycles. The van der Waals surface area contributed by atoms with Gasteiger partial charge in [-0.05, 0) is 26.0 Å². The number of aromatic nitrogens is 1. The van der Waals surface area contributed by atoms with Gasteiger partial charge in [0.15, 0.2) is 6.61 Å². The molecule has 0 saturated heterocycles. The average molecular weight is 274 g/mol. The number of carbonyl (C=O) groups excluding carboxylic acids is 1. The van der Waals surface area contributed by atoms with E-state index < -0.39 is 0 Å². The van der Waals surface area contributed by atoms with Crippen LogP contribution in [-0.2, 0) is 11.4 Å². The van der Waals surface area contributed by atoms with E-state index in [2.05, 4.69) is 10.5 Å². The second kappa shape index (κ2) is 4.88. The van der Waals surface area contributed by atoms with Crippen molar-refractivity contribution in [2.45, 2.75) is 20.5 Å². The van der Waals surface area contributed by atoms with E-state index in [-0.39, 0.29) is 12.5 Å². The summed E-state index contributed by atoms with van der Waals surface area (Å²) in [6.07, 6.45) is 0. The number of rotatable bonds is 3. The van der Waals surface area contributed by atoms with Crippen LogP contribution >= 0.6 is 0 Å². The zero-order valence-corrected chi connectivity index (χ0v) is 11.2. The van der Waals surface area contributed by atoms with E-state index in [1.54, 1.807) is 12.1 Å². The standard InChI is InChI=1S/C14H14N2O4/c1-8-10(9(2)20-16-8)6-18-11-4-3-5-12-14(11)15-13(17)7-19-12/h3-5H,6-7H2,1-2H3,(H,15,17). The summed E-state index contributed by atoms with van der Waals surface area (Å²) in [5.41, 5.74) is 2.27. The Morgan fingerprint density at radius 3 is 3.00 bits per heavy atom. The molecule has 20 heavy (non-hydrogen) atoms. The Labute approximate surface area is 115 Å². The maximum Gasteiger partial charge on any atom is 0.262 e. The van der Waals surface area contributed by atoms with Crippen molar-refractivity contribution in [2.75, 3.05) is 11.9 Å². The van der Waals surface area contributed by atoms with Crippen LogP contribution in [0.5, 0.6) is 11.5 Å². The Hall–Kier alpha value is -2.50. The lowest BCUT2D eigenvalue weighted by Crippen LogP contribution is -2.25. The topological polar surface area (TPSA) is 73.6 Å². The molecule has 104 valence electrons. The first kappa shape index (κ1) is 12.5. The number of hydrogen-bond donors (Lipinski definition) is 1. The van der Waals surface area contributed by atoms with Crippen molar-refractivity contribution < 1.29 is 18.8 Å². The number of benzene rings is 1. The van der Waals surface area contributed by atoms with Crippen LogP contribution in [0.2, 0.25) is 0 Å². The second-order valence-corrected chi connectivity index (χ2v) is 4.56. The summed E-state index contributed by atoms with van der Waals surface area (Å²) in [5, 5.41) is 6.64. The molecule has 0 radical (unpaired) electrons. The van der Waals surface area contributed by atoms with Gasteiger partial charge in [0.2, 0.25) is 0 Å². The van der Waals surface area contributed by atoms with Gasteiger partial charge in [0.25, 0.3) is 5.91 Å². The fraction of sp³-hybridized carbons (Fsp3) is 0.286. The zero-order chi connectivity index (χ0) is 14.1. The number of amides is 1. The van der Waals surface area contributed by atoms with Crippen LogP contribution in [0.3, 0.4) is 0 Å². The molecule has 3 rings (SSSR count). The summed E-state index contributed by atoms with van der Waals surface area (Å²) in [7, 11) is 0. The van der Waals surface area contributed by atoms with Gasteiger partial charge in [-0.3, -0.25) is 4.79 Å². The molecule has 6 nitrogen and oxygen atoms in total. The third-order valence-corrected chi connectivity index (χ3v) is 3.16. The van der Waals surface area contributed by atoms with Gasteiger partial charge in [-0.2, -0.15) is 0 Å². The lowest BCUT2D eigenvalue weighted by Gasteiger charge is -2.20. The Balaban J connectivity index is 1.83. The molecule has 0 fully saturated rings. The third kappa shape index (κ3) is 2.20. The first-order valence-electron chi connectivity index (χ1n) is 6.25. The molecule has 1 amide bonds. The second-order valence-electron chi connectivity index (χ2n) is 4.56. The van der Waals surface area contributed by atoms with Crippen molar-refractivity contribution in [3.8, 4) is 11.5 Å². The van der Waals surface area contributed by atoms with Crippen molar-refractivity contribution in [3.63, 3.8) is 0 Å². The number of anilines is 1. The lowest BCUT2D eigenvalue weighted by atomic mass is 10.2. The van der Waals surface area contributed by atoms with Gasteiger partial charge in [-0.25, -0.2) is 0 Å². The number of nitrogens with one attached hydrogen (secondary N) is 1. The molecular weight excluding hydrogens is 260 g/mol. The van der Waals surface area contributed by atoms with E-state index in [0.717, 1.165) is 17.0 Å². The van der Waals surface area contributed by atoms with Crippen LogP contribution in [0.25, 0.3) is 0 Å². The summed E-state index contributed by atoms with van der Waals surface area (Å²) in [4.78, 5) is 11.4. The SMILES string of the molecule is Cc1noc(C)c1COc1cccc2c1NC(=O)CO2. The summed E-state index contributed by atoms with van der Waals surface area (Å²) in [6, 6.07) is 5.39. The maximum absolute atomic E-state index is 11.4. The molecule has 0 unspecified atom stereocenters. The number of nitrogens with zero attached hydrogens (tertiary/aromatic N) is 1. The molecule has 0 spiro atoms. The normalized spacial score (nSPS) is 13.4. The zero-order valence-electron chi connectivity index (χ0n) is 11.2. The highest BCUT2D eigenvalue weighted by Crippen LogP contribution is 2.37. The molecule has 2 aromatic rings. The molecule has 6 heteroatoms. The summed E-state index contributed by atoms with van der Waals surface area (Å²) < 4.78 is 16.2. The van der Waals surface area contributed by atoms with Gasteiger partial charge >= 0.3 is 0 Å². The highest BCUT2D eigenvalue weighted by molar-refractivity contribution is 5.97. The number of ether oxygens (including phenoxy) is 2. The van der Waals surface area contributed by atoms with Crippen LogP contribution in [0.4, 0.5) is 5.69 Å². The van der Waals surface area contributed by atoms with E-state index in [0.29, 0.717) is 23.8 Å². The third-order valence-electron chi connectivity index (χ3n) is 3.16. The van der Waals surface area contributed by atoms with Crippen LogP contribution in [0.1, 0.15) is 17.0 Å². The largest absolute Gasteiger partial charge is 0.486 e. The summed E-state index contributed by atoms with van der Waals surface area (Å²) in [5.74, 6) is 1.72. The van der Waals surface area contributed by atoms with Crippen molar-refractivity contribution >= 4 is 11.6 Å². The molecular formula is C14H14N2O4. The molecule has 0 saturated carbocycles. The van der Waals surface area contributed by atoms with E-state index in [1.165, 1.54) is 0 Å². The fourth-order valence-electron chi connectivity index (χ4n) is 2.05. The van der Waals surface area contributed by atoms with Crippen LogP contribution in [0.15, 0.2) is 22.7 Å². The van der Waals surface area contributed by atoms with Gasteiger partial charge in [0.1, 0.15) is 29.6 Å². The maximum atomic E-state index is 11.4.